The largest absolute Gasteiger partial charge is 0.464 e. The molecule has 1 saturated heterocycles. The molecule has 2 heterocycles. The van der Waals surface area contributed by atoms with Gasteiger partial charge in [-0.05, 0) is 74.9 Å². The zero-order valence-corrected chi connectivity index (χ0v) is 22.4. The lowest BCUT2D eigenvalue weighted by Crippen LogP contribution is -2.51. The van der Waals surface area contributed by atoms with Gasteiger partial charge in [0.1, 0.15) is 11.2 Å². The van der Waals surface area contributed by atoms with Gasteiger partial charge in [-0.15, -0.1) is 0 Å². The molecule has 6 nitrogen and oxygen atoms in total. The van der Waals surface area contributed by atoms with Crippen molar-refractivity contribution in [3.05, 3.63) is 60.4 Å². The maximum absolute atomic E-state index is 12.6. The van der Waals surface area contributed by atoms with Crippen LogP contribution in [0.25, 0.3) is 22.1 Å². The number of hydrogen-bond acceptors (Lipinski definition) is 5. The van der Waals surface area contributed by atoms with Crippen LogP contribution in [0.4, 0.5) is 4.79 Å². The molecule has 0 bridgehead atoms. The summed E-state index contributed by atoms with van der Waals surface area (Å²) in [4.78, 5) is 16.9. The Hall–Kier alpha value is -2.83. The predicted molar refractivity (Wildman–Crippen MR) is 146 cm³/mol. The first kappa shape index (κ1) is 25.8. The summed E-state index contributed by atoms with van der Waals surface area (Å²) >= 11 is 0. The quantitative estimate of drug-likeness (QED) is 0.415. The Morgan fingerprint density at radius 3 is 2.32 bits per heavy atom. The molecule has 2 fully saturated rings. The Labute approximate surface area is 220 Å². The van der Waals surface area contributed by atoms with Crippen LogP contribution < -0.4 is 0 Å². The highest BCUT2D eigenvalue weighted by Crippen LogP contribution is 2.39. The molecule has 2 aliphatic rings. The minimum atomic E-state index is -0.629. The highest BCUT2D eigenvalue weighted by atomic mass is 16.6. The van der Waals surface area contributed by atoms with Crippen LogP contribution in [0.15, 0.2) is 59.2 Å². The van der Waals surface area contributed by atoms with Crippen molar-refractivity contribution in [2.75, 3.05) is 26.2 Å². The Morgan fingerprint density at radius 1 is 0.973 bits per heavy atom. The normalized spacial score (nSPS) is 19.6. The van der Waals surface area contributed by atoms with Gasteiger partial charge < -0.3 is 19.2 Å². The fourth-order valence-electron chi connectivity index (χ4n) is 5.82. The lowest BCUT2D eigenvalue weighted by molar-refractivity contribution is -0.0367. The van der Waals surface area contributed by atoms with E-state index in [1.54, 1.807) is 6.26 Å². The first-order valence-corrected chi connectivity index (χ1v) is 13.7. The lowest BCUT2D eigenvalue weighted by Gasteiger charge is -2.43. The van der Waals surface area contributed by atoms with Gasteiger partial charge in [-0.25, -0.2) is 4.79 Å². The maximum Gasteiger partial charge on any atom is 0.410 e. The van der Waals surface area contributed by atoms with Crippen molar-refractivity contribution in [2.45, 2.75) is 76.5 Å². The van der Waals surface area contributed by atoms with Gasteiger partial charge in [0, 0.05) is 37.6 Å². The number of fused-ring (bicyclic) bond motifs is 1. The summed E-state index contributed by atoms with van der Waals surface area (Å²) in [7, 11) is 0. The molecule has 6 heteroatoms. The molecule has 0 radical (unpaired) electrons. The van der Waals surface area contributed by atoms with Crippen LogP contribution in [0.3, 0.4) is 0 Å². The summed E-state index contributed by atoms with van der Waals surface area (Å²) < 4.78 is 11.1. The number of carbonyl (C=O) groups excluding carboxylic acids is 1. The van der Waals surface area contributed by atoms with Gasteiger partial charge in [-0.3, -0.25) is 4.90 Å². The third kappa shape index (κ3) is 6.19. The predicted octanol–water partition coefficient (Wildman–Crippen LogP) is 6.78. The average Bonchev–Trinajstić information content (AvgIpc) is 3.35. The van der Waals surface area contributed by atoms with E-state index in [0.29, 0.717) is 13.1 Å². The van der Waals surface area contributed by atoms with E-state index in [0.717, 1.165) is 67.3 Å². The van der Waals surface area contributed by atoms with Crippen LogP contribution in [0, 0.1) is 0 Å². The van der Waals surface area contributed by atoms with E-state index in [9.17, 15) is 9.90 Å². The molecule has 1 aromatic heterocycles. The van der Waals surface area contributed by atoms with Gasteiger partial charge >= 0.3 is 6.09 Å². The third-order valence-corrected chi connectivity index (χ3v) is 7.85. The van der Waals surface area contributed by atoms with Crippen molar-refractivity contribution >= 4 is 17.1 Å². The van der Waals surface area contributed by atoms with Crippen molar-refractivity contribution < 1.29 is 19.1 Å². The van der Waals surface area contributed by atoms with Crippen molar-refractivity contribution in [1.29, 1.82) is 0 Å². The van der Waals surface area contributed by atoms with Crippen LogP contribution in [-0.4, -0.2) is 58.4 Å². The van der Waals surface area contributed by atoms with Crippen LogP contribution in [0.5, 0.6) is 0 Å². The number of benzene rings is 2. The summed E-state index contributed by atoms with van der Waals surface area (Å²) in [5.41, 5.74) is 3.32. The van der Waals surface area contributed by atoms with Gasteiger partial charge in [0.15, 0.2) is 0 Å². The van der Waals surface area contributed by atoms with E-state index in [-0.39, 0.29) is 12.1 Å². The van der Waals surface area contributed by atoms with Gasteiger partial charge in [-0.1, -0.05) is 49.6 Å². The van der Waals surface area contributed by atoms with Crippen molar-refractivity contribution in [2.24, 2.45) is 0 Å². The SMILES string of the molecule is CC(C)(C)OC(=O)N1CCN(C(CC2(O)CCCCC2)c2ccc(-c3ccc4occc4c3)cc2)CC1. The molecule has 1 aliphatic carbocycles. The van der Waals surface area contributed by atoms with Gasteiger partial charge in [0.2, 0.25) is 0 Å². The molecule has 1 N–H and O–H groups in total. The minimum absolute atomic E-state index is 0.106. The molecular formula is C31H40N2O4. The number of furan rings is 1. The number of piperazine rings is 1. The number of ether oxygens (including phenoxy) is 1. The number of carbonyl (C=O) groups is 1. The summed E-state index contributed by atoms with van der Waals surface area (Å²) in [6, 6.07) is 17.2. The molecule has 37 heavy (non-hydrogen) atoms. The molecule has 2 aromatic carbocycles. The molecule has 1 atom stereocenters. The second-order valence-electron chi connectivity index (χ2n) is 11.8. The Kier molecular flexibility index (Phi) is 7.32. The number of nitrogens with zero attached hydrogens (tertiary/aromatic N) is 2. The molecule has 5 rings (SSSR count). The first-order valence-electron chi connectivity index (χ1n) is 13.7. The second-order valence-corrected chi connectivity index (χ2v) is 11.8. The molecule has 3 aromatic rings. The standard InChI is InChI=1S/C31H40N2O4/c1-30(2,3)37-29(34)33-18-16-32(17-19-33)27(22-31(35)14-5-4-6-15-31)24-9-7-23(8-10-24)25-11-12-28-26(21-25)13-20-36-28/h7-13,20-21,27,35H,4-6,14-19,22H2,1-3H3. The Bertz CT molecular complexity index is 1200. The molecule has 1 aliphatic heterocycles. The smallest absolute Gasteiger partial charge is 0.410 e. The van der Waals surface area contributed by atoms with E-state index in [2.05, 4.69) is 41.3 Å². The Morgan fingerprint density at radius 2 is 1.65 bits per heavy atom. The molecule has 1 unspecified atom stereocenters. The summed E-state index contributed by atoms with van der Waals surface area (Å²) in [6.45, 7) is 8.49. The molecule has 1 amide bonds. The molecular weight excluding hydrogens is 464 g/mol. The Balaban J connectivity index is 1.34. The minimum Gasteiger partial charge on any atom is -0.464 e. The molecule has 198 valence electrons. The van der Waals surface area contributed by atoms with Gasteiger partial charge in [-0.2, -0.15) is 0 Å². The number of amides is 1. The van der Waals surface area contributed by atoms with E-state index < -0.39 is 11.2 Å². The van der Waals surface area contributed by atoms with E-state index in [4.69, 9.17) is 9.15 Å². The maximum atomic E-state index is 12.6. The average molecular weight is 505 g/mol. The van der Waals surface area contributed by atoms with Crippen LogP contribution in [0.1, 0.15) is 70.9 Å². The highest BCUT2D eigenvalue weighted by Gasteiger charge is 2.37. The van der Waals surface area contributed by atoms with Crippen molar-refractivity contribution in [1.82, 2.24) is 9.80 Å². The highest BCUT2D eigenvalue weighted by molar-refractivity contribution is 5.83. The van der Waals surface area contributed by atoms with Crippen LogP contribution in [-0.2, 0) is 4.74 Å². The van der Waals surface area contributed by atoms with Gasteiger partial charge in [0.05, 0.1) is 11.9 Å². The molecule has 1 saturated carbocycles. The summed E-state index contributed by atoms with van der Waals surface area (Å²) in [5, 5.41) is 12.6. The first-order chi connectivity index (χ1) is 17.7. The lowest BCUT2D eigenvalue weighted by atomic mass is 9.78. The second kappa shape index (κ2) is 10.5. The van der Waals surface area contributed by atoms with Crippen molar-refractivity contribution in [3.63, 3.8) is 0 Å². The third-order valence-electron chi connectivity index (χ3n) is 7.85. The topological polar surface area (TPSA) is 66.2 Å². The van der Waals surface area contributed by atoms with Gasteiger partial charge in [0.25, 0.3) is 0 Å². The van der Waals surface area contributed by atoms with E-state index >= 15 is 0 Å². The monoisotopic (exact) mass is 504 g/mol. The number of rotatable bonds is 5. The summed E-state index contributed by atoms with van der Waals surface area (Å²) in [5.74, 6) is 0. The van der Waals surface area contributed by atoms with Crippen LogP contribution >= 0.6 is 0 Å². The van der Waals surface area contributed by atoms with E-state index in [1.807, 2.05) is 37.8 Å². The zero-order chi connectivity index (χ0) is 26.0. The number of aliphatic hydroxyl groups is 1. The number of hydrogen-bond donors (Lipinski definition) is 1. The molecule has 0 spiro atoms. The fourth-order valence-corrected chi connectivity index (χ4v) is 5.82. The van der Waals surface area contributed by atoms with E-state index in [1.165, 1.54) is 12.0 Å². The zero-order valence-electron chi connectivity index (χ0n) is 22.4. The van der Waals surface area contributed by atoms with Crippen LogP contribution in [0.2, 0.25) is 0 Å². The van der Waals surface area contributed by atoms with Crippen molar-refractivity contribution in [3.8, 4) is 11.1 Å². The fraction of sp³-hybridized carbons (Fsp3) is 0.516. The summed E-state index contributed by atoms with van der Waals surface area (Å²) in [6.07, 6.45) is 7.32.